The zero-order chi connectivity index (χ0) is 16.8. The summed E-state index contributed by atoms with van der Waals surface area (Å²) in [7, 11) is -2.50. The number of carbonyl (C=O) groups is 1. The molecule has 0 aliphatic rings. The normalized spacial score (nSPS) is 14.7. The Morgan fingerprint density at radius 2 is 2.14 bits per heavy atom. The summed E-state index contributed by atoms with van der Waals surface area (Å²) >= 11 is 5.00. The van der Waals surface area contributed by atoms with Crippen molar-refractivity contribution >= 4 is 30.3 Å². The summed E-state index contributed by atoms with van der Waals surface area (Å²) in [5.41, 5.74) is 6.72. The van der Waals surface area contributed by atoms with Crippen LogP contribution in [0.5, 0.6) is 0 Å². The number of nitrogens with two attached hydrogens (primary N) is 1. The van der Waals surface area contributed by atoms with Crippen molar-refractivity contribution in [1.82, 2.24) is 5.32 Å². The highest BCUT2D eigenvalue weighted by atomic mass is 32.1. The minimum atomic E-state index is -3.79. The second-order valence-corrected chi connectivity index (χ2v) is 7.85. The Kier molecular flexibility index (Phi) is 7.16. The maximum absolute atomic E-state index is 12.2. The molecular weight excluding hydrogens is 323 g/mol. The first-order chi connectivity index (χ1) is 10.3. The maximum Gasteiger partial charge on any atom is 0.338 e. The molecule has 8 heteroatoms. The van der Waals surface area contributed by atoms with Crippen LogP contribution in [0.25, 0.3) is 0 Å². The molecule has 0 aromatic heterocycles. The van der Waals surface area contributed by atoms with E-state index < -0.39 is 19.1 Å². The minimum absolute atomic E-state index is 0.146. The van der Waals surface area contributed by atoms with E-state index in [1.165, 1.54) is 7.11 Å². The standard InChI is InChI=1S/C14H21N2O4PS/c1-3-6-12(15)21(18,19)14(22)16-9-10-7-4-5-8-11(10)13(17)20-2/h4-5,7-8,12H,3,6,9,15H2,1-2H3,(H,16,22)(H,18,19). The van der Waals surface area contributed by atoms with Gasteiger partial charge in [-0.3, -0.25) is 4.57 Å². The van der Waals surface area contributed by atoms with Gasteiger partial charge < -0.3 is 20.7 Å². The van der Waals surface area contributed by atoms with Gasteiger partial charge in [-0.05, 0) is 18.1 Å². The smallest absolute Gasteiger partial charge is 0.338 e. The van der Waals surface area contributed by atoms with Gasteiger partial charge in [0.2, 0.25) is 0 Å². The van der Waals surface area contributed by atoms with Gasteiger partial charge in [-0.25, -0.2) is 4.79 Å². The zero-order valence-corrected chi connectivity index (χ0v) is 14.3. The van der Waals surface area contributed by atoms with Gasteiger partial charge in [0, 0.05) is 6.54 Å². The topological polar surface area (TPSA) is 102 Å². The molecule has 0 amide bonds. The predicted octanol–water partition coefficient (Wildman–Crippen LogP) is 2.20. The lowest BCUT2D eigenvalue weighted by molar-refractivity contribution is 0.0599. The molecule has 0 heterocycles. The monoisotopic (exact) mass is 344 g/mol. The van der Waals surface area contributed by atoms with Crippen LogP contribution in [0, 0.1) is 0 Å². The van der Waals surface area contributed by atoms with Crippen molar-refractivity contribution in [3.8, 4) is 0 Å². The van der Waals surface area contributed by atoms with Crippen molar-refractivity contribution in [2.24, 2.45) is 5.73 Å². The van der Waals surface area contributed by atoms with Crippen molar-refractivity contribution in [1.29, 1.82) is 0 Å². The van der Waals surface area contributed by atoms with Gasteiger partial charge in [-0.1, -0.05) is 43.8 Å². The van der Waals surface area contributed by atoms with Gasteiger partial charge in [-0.2, -0.15) is 0 Å². The Bertz CT molecular complexity index is 594. The molecule has 122 valence electrons. The summed E-state index contributed by atoms with van der Waals surface area (Å²) in [5, 5.41) is 2.73. The molecule has 2 atom stereocenters. The average molecular weight is 344 g/mol. The molecule has 0 radical (unpaired) electrons. The first kappa shape index (κ1) is 18.8. The second kappa shape index (κ2) is 8.39. The lowest BCUT2D eigenvalue weighted by Gasteiger charge is -2.20. The average Bonchev–Trinajstić information content (AvgIpc) is 2.52. The maximum atomic E-state index is 12.2. The highest BCUT2D eigenvalue weighted by molar-refractivity contribution is 7.99. The van der Waals surface area contributed by atoms with E-state index >= 15 is 0 Å². The molecule has 22 heavy (non-hydrogen) atoms. The fraction of sp³-hybridized carbons (Fsp3) is 0.429. The fourth-order valence-electron chi connectivity index (χ4n) is 1.89. The van der Waals surface area contributed by atoms with E-state index in [2.05, 4.69) is 5.32 Å². The Hall–Kier alpha value is -1.27. The number of hydrogen-bond donors (Lipinski definition) is 3. The molecule has 1 aromatic carbocycles. The van der Waals surface area contributed by atoms with Crippen molar-refractivity contribution < 1.29 is 19.0 Å². The van der Waals surface area contributed by atoms with Crippen LogP contribution in [0.3, 0.4) is 0 Å². The van der Waals surface area contributed by atoms with Crippen LogP contribution in [-0.2, 0) is 15.8 Å². The van der Waals surface area contributed by atoms with E-state index in [9.17, 15) is 14.3 Å². The van der Waals surface area contributed by atoms with Crippen LogP contribution in [-0.4, -0.2) is 28.5 Å². The third-order valence-electron chi connectivity index (χ3n) is 3.18. The summed E-state index contributed by atoms with van der Waals surface area (Å²) in [6, 6.07) is 6.80. The molecule has 1 rings (SSSR count). The third-order valence-corrected chi connectivity index (χ3v) is 6.00. The molecule has 2 unspecified atom stereocenters. The highest BCUT2D eigenvalue weighted by Gasteiger charge is 2.32. The Balaban J connectivity index is 2.80. The molecule has 0 fully saturated rings. The fourth-order valence-corrected chi connectivity index (χ4v) is 3.58. The van der Waals surface area contributed by atoms with E-state index in [0.717, 1.165) is 0 Å². The van der Waals surface area contributed by atoms with Crippen LogP contribution in [0.15, 0.2) is 24.3 Å². The van der Waals surface area contributed by atoms with Gasteiger partial charge in [0.05, 0.1) is 18.5 Å². The third kappa shape index (κ3) is 4.61. The number of carbonyl (C=O) groups excluding carboxylic acids is 1. The quantitative estimate of drug-likeness (QED) is 0.396. The number of nitrogens with one attached hydrogen (secondary N) is 1. The number of hydrogen-bond acceptors (Lipinski definition) is 5. The minimum Gasteiger partial charge on any atom is -0.465 e. The van der Waals surface area contributed by atoms with Crippen molar-refractivity contribution in [3.05, 3.63) is 35.4 Å². The number of thiocarbonyl (C=S) groups is 1. The molecule has 0 aliphatic heterocycles. The summed E-state index contributed by atoms with van der Waals surface area (Å²) < 4.78 is 16.8. The highest BCUT2D eigenvalue weighted by Crippen LogP contribution is 2.46. The number of ether oxygens (including phenoxy) is 1. The predicted molar refractivity (Wildman–Crippen MR) is 89.9 cm³/mol. The lowest BCUT2D eigenvalue weighted by Crippen LogP contribution is -2.30. The Morgan fingerprint density at radius 1 is 1.50 bits per heavy atom. The largest absolute Gasteiger partial charge is 0.465 e. The van der Waals surface area contributed by atoms with Crippen LogP contribution in [0.1, 0.15) is 35.7 Å². The van der Waals surface area contributed by atoms with E-state index in [0.29, 0.717) is 24.0 Å². The molecule has 0 spiro atoms. The molecular formula is C14H21N2O4PS. The van der Waals surface area contributed by atoms with Crippen LogP contribution >= 0.6 is 19.6 Å². The van der Waals surface area contributed by atoms with E-state index in [1.807, 2.05) is 6.92 Å². The second-order valence-electron chi connectivity index (χ2n) is 4.79. The Morgan fingerprint density at radius 3 is 2.73 bits per heavy atom. The first-order valence-electron chi connectivity index (χ1n) is 6.87. The Labute approximate surface area is 135 Å². The van der Waals surface area contributed by atoms with Gasteiger partial charge in [-0.15, -0.1) is 0 Å². The molecule has 0 bridgehead atoms. The molecule has 4 N–H and O–H groups in total. The summed E-state index contributed by atoms with van der Waals surface area (Å²) in [6.07, 6.45) is 1.11. The van der Waals surface area contributed by atoms with Crippen molar-refractivity contribution in [3.63, 3.8) is 0 Å². The van der Waals surface area contributed by atoms with Gasteiger partial charge in [0.15, 0.2) is 4.73 Å². The SMILES string of the molecule is CCCC(N)P(=O)(O)C(=S)NCc1ccccc1C(=O)OC. The van der Waals surface area contributed by atoms with Crippen LogP contribution in [0.2, 0.25) is 0 Å². The number of esters is 1. The van der Waals surface area contributed by atoms with Crippen LogP contribution in [0.4, 0.5) is 0 Å². The van der Waals surface area contributed by atoms with Gasteiger partial charge >= 0.3 is 5.97 Å². The molecule has 0 aliphatic carbocycles. The van der Waals surface area contributed by atoms with Crippen LogP contribution < -0.4 is 11.1 Å². The van der Waals surface area contributed by atoms with E-state index in [4.69, 9.17) is 22.7 Å². The van der Waals surface area contributed by atoms with Gasteiger partial charge in [0.25, 0.3) is 7.37 Å². The first-order valence-corrected chi connectivity index (χ1v) is 9.01. The van der Waals surface area contributed by atoms with Crippen molar-refractivity contribution in [2.75, 3.05) is 7.11 Å². The number of benzene rings is 1. The summed E-state index contributed by atoms with van der Waals surface area (Å²) in [6.45, 7) is 2.02. The van der Waals surface area contributed by atoms with E-state index in [1.54, 1.807) is 24.3 Å². The molecule has 0 saturated carbocycles. The summed E-state index contributed by atoms with van der Waals surface area (Å²) in [4.78, 5) is 21.7. The molecule has 1 aromatic rings. The lowest BCUT2D eigenvalue weighted by atomic mass is 10.1. The van der Waals surface area contributed by atoms with Gasteiger partial charge in [0.1, 0.15) is 0 Å². The molecule has 6 nitrogen and oxygen atoms in total. The van der Waals surface area contributed by atoms with Crippen molar-refractivity contribution in [2.45, 2.75) is 32.1 Å². The zero-order valence-electron chi connectivity index (χ0n) is 12.6. The number of methoxy groups -OCH3 is 1. The number of rotatable bonds is 7. The summed E-state index contributed by atoms with van der Waals surface area (Å²) in [5.74, 6) is -1.36. The van der Waals surface area contributed by atoms with E-state index in [-0.39, 0.29) is 11.3 Å². The molecule has 0 saturated heterocycles.